The van der Waals surface area contributed by atoms with E-state index in [-0.39, 0.29) is 0 Å². The van der Waals surface area contributed by atoms with Crippen molar-refractivity contribution in [1.82, 2.24) is 10.2 Å². The van der Waals surface area contributed by atoms with Crippen LogP contribution < -0.4 is 14.9 Å². The van der Waals surface area contributed by atoms with E-state index in [4.69, 9.17) is 9.47 Å². The van der Waals surface area contributed by atoms with Crippen LogP contribution in [0.25, 0.3) is 10.8 Å². The molecule has 0 aliphatic carbocycles. The summed E-state index contributed by atoms with van der Waals surface area (Å²) in [6.45, 7) is 0.893. The molecular weight excluding hydrogens is 436 g/mol. The van der Waals surface area contributed by atoms with Gasteiger partial charge in [0, 0.05) is 10.8 Å². The van der Waals surface area contributed by atoms with Crippen LogP contribution in [-0.2, 0) is 13.2 Å². The van der Waals surface area contributed by atoms with E-state index < -0.39 is 0 Å². The van der Waals surface area contributed by atoms with Crippen molar-refractivity contribution in [3.05, 3.63) is 126 Å². The molecule has 0 atom stereocenters. The van der Waals surface area contributed by atoms with Crippen LogP contribution in [0.15, 0.2) is 114 Å². The summed E-state index contributed by atoms with van der Waals surface area (Å²) in [6.07, 6.45) is 3.45. The van der Waals surface area contributed by atoms with Crippen LogP contribution in [-0.4, -0.2) is 16.4 Å². The molecule has 0 amide bonds. The minimum Gasteiger partial charge on any atom is -0.485 e. The van der Waals surface area contributed by atoms with Gasteiger partial charge in [0.1, 0.15) is 13.2 Å². The lowest BCUT2D eigenvalue weighted by atomic mass is 10.2. The Bertz CT molecular complexity index is 1420. The smallest absolute Gasteiger partial charge is 0.176 e. The summed E-state index contributed by atoms with van der Waals surface area (Å²) in [7, 11) is 0. The van der Waals surface area contributed by atoms with Crippen molar-refractivity contribution in [2.45, 2.75) is 13.2 Å². The monoisotopic (exact) mass is 460 g/mol. The molecule has 4 aromatic carbocycles. The van der Waals surface area contributed by atoms with E-state index in [1.165, 1.54) is 0 Å². The number of hydrazone groups is 1. The number of nitrogens with one attached hydrogen (secondary N) is 1. The average molecular weight is 461 g/mol. The molecule has 0 radical (unpaired) electrons. The Labute approximate surface area is 203 Å². The van der Waals surface area contributed by atoms with Crippen LogP contribution in [0.4, 0.5) is 5.82 Å². The molecule has 1 aromatic heterocycles. The van der Waals surface area contributed by atoms with Crippen LogP contribution in [0.3, 0.4) is 0 Å². The van der Waals surface area contributed by atoms with Crippen molar-refractivity contribution in [2.24, 2.45) is 5.10 Å². The molecule has 0 saturated carbocycles. The summed E-state index contributed by atoms with van der Waals surface area (Å²) in [5.74, 6) is 1.93. The van der Waals surface area contributed by atoms with Crippen LogP contribution in [0.1, 0.15) is 16.7 Å². The number of nitrogens with zero attached hydrogens (tertiary/aromatic N) is 3. The van der Waals surface area contributed by atoms with Gasteiger partial charge in [-0.1, -0.05) is 84.9 Å². The first-order chi connectivity index (χ1) is 17.3. The summed E-state index contributed by atoms with van der Waals surface area (Å²) >= 11 is 0. The van der Waals surface area contributed by atoms with Gasteiger partial charge < -0.3 is 9.47 Å². The van der Waals surface area contributed by atoms with Crippen molar-refractivity contribution in [3.63, 3.8) is 0 Å². The summed E-state index contributed by atoms with van der Waals surface area (Å²) in [6, 6.07) is 33.8. The van der Waals surface area contributed by atoms with Gasteiger partial charge in [0.15, 0.2) is 17.3 Å². The number of hydrogen-bond acceptors (Lipinski definition) is 6. The highest BCUT2D eigenvalue weighted by Gasteiger charge is 2.08. The molecule has 0 spiro atoms. The Morgan fingerprint density at radius 2 is 1.37 bits per heavy atom. The van der Waals surface area contributed by atoms with Crippen LogP contribution >= 0.6 is 0 Å². The van der Waals surface area contributed by atoms with Crippen LogP contribution in [0.2, 0.25) is 0 Å². The molecular formula is C29H24N4O2. The van der Waals surface area contributed by atoms with Crippen molar-refractivity contribution in [1.29, 1.82) is 0 Å². The molecule has 35 heavy (non-hydrogen) atoms. The lowest BCUT2D eigenvalue weighted by Gasteiger charge is -2.14. The maximum Gasteiger partial charge on any atom is 0.176 e. The first kappa shape index (κ1) is 22.1. The molecule has 0 fully saturated rings. The van der Waals surface area contributed by atoms with Crippen molar-refractivity contribution in [3.8, 4) is 11.5 Å². The van der Waals surface area contributed by atoms with Gasteiger partial charge >= 0.3 is 0 Å². The van der Waals surface area contributed by atoms with Gasteiger partial charge in [0.05, 0.1) is 12.4 Å². The number of aromatic nitrogens is 2. The minimum atomic E-state index is 0.437. The van der Waals surface area contributed by atoms with E-state index in [0.29, 0.717) is 30.5 Å². The lowest BCUT2D eigenvalue weighted by Crippen LogP contribution is -2.01. The van der Waals surface area contributed by atoms with E-state index in [2.05, 4.69) is 20.7 Å². The largest absolute Gasteiger partial charge is 0.485 e. The van der Waals surface area contributed by atoms with Gasteiger partial charge in [-0.15, -0.1) is 5.10 Å². The molecule has 0 unspecified atom stereocenters. The Hall–Kier alpha value is -4.71. The Morgan fingerprint density at radius 3 is 2.11 bits per heavy atom. The van der Waals surface area contributed by atoms with Crippen molar-refractivity contribution in [2.75, 3.05) is 5.43 Å². The first-order valence-electron chi connectivity index (χ1n) is 11.3. The maximum absolute atomic E-state index is 6.15. The fourth-order valence-corrected chi connectivity index (χ4v) is 3.59. The molecule has 5 aromatic rings. The second kappa shape index (κ2) is 10.9. The van der Waals surface area contributed by atoms with E-state index >= 15 is 0 Å². The van der Waals surface area contributed by atoms with Gasteiger partial charge in [-0.25, -0.2) is 0 Å². The van der Waals surface area contributed by atoms with Crippen molar-refractivity contribution < 1.29 is 9.47 Å². The van der Waals surface area contributed by atoms with Crippen LogP contribution in [0, 0.1) is 0 Å². The molecule has 0 bridgehead atoms. The first-order valence-corrected chi connectivity index (χ1v) is 11.3. The third kappa shape index (κ3) is 5.81. The molecule has 1 heterocycles. The van der Waals surface area contributed by atoms with Gasteiger partial charge in [-0.05, 0) is 34.9 Å². The highest BCUT2D eigenvalue weighted by molar-refractivity contribution is 5.91. The fourth-order valence-electron chi connectivity index (χ4n) is 3.59. The molecule has 5 rings (SSSR count). The Kier molecular flexibility index (Phi) is 6.91. The number of benzene rings is 4. The summed E-state index contributed by atoms with van der Waals surface area (Å²) in [5, 5.41) is 14.5. The molecule has 0 aliphatic rings. The number of hydrogen-bond donors (Lipinski definition) is 1. The number of ether oxygens (including phenoxy) is 2. The van der Waals surface area contributed by atoms with Gasteiger partial charge in [0.2, 0.25) is 0 Å². The standard InChI is InChI=1S/C29H24N4O2/c1-3-9-22(10-4-1)20-34-27-16-15-24(17-28(27)35-21-23-11-5-2-6-12-23)18-30-32-29-26-14-8-7-13-25(26)19-31-33-29/h1-19H,20-21H2,(H,32,33). The molecule has 0 aliphatic heterocycles. The predicted molar refractivity (Wildman–Crippen MR) is 139 cm³/mol. The minimum absolute atomic E-state index is 0.437. The molecule has 1 N–H and O–H groups in total. The second-order valence-electron chi connectivity index (χ2n) is 7.91. The zero-order valence-corrected chi connectivity index (χ0v) is 19.0. The van der Waals surface area contributed by atoms with Gasteiger partial charge in [-0.3, -0.25) is 5.43 Å². The summed E-state index contributed by atoms with van der Waals surface area (Å²) in [5.41, 5.74) is 6.03. The molecule has 172 valence electrons. The lowest BCUT2D eigenvalue weighted by molar-refractivity contribution is 0.256. The topological polar surface area (TPSA) is 68.6 Å². The Morgan fingerprint density at radius 1 is 0.714 bits per heavy atom. The van der Waals surface area contributed by atoms with Crippen molar-refractivity contribution >= 4 is 22.8 Å². The summed E-state index contributed by atoms with van der Waals surface area (Å²) in [4.78, 5) is 0. The third-order valence-electron chi connectivity index (χ3n) is 5.40. The Balaban J connectivity index is 1.34. The number of anilines is 1. The molecule has 6 nitrogen and oxygen atoms in total. The number of rotatable bonds is 9. The quantitative estimate of drug-likeness (QED) is 0.208. The predicted octanol–water partition coefficient (Wildman–Crippen LogP) is 6.23. The van der Waals surface area contributed by atoms with E-state index in [1.54, 1.807) is 12.4 Å². The van der Waals surface area contributed by atoms with E-state index in [0.717, 1.165) is 27.5 Å². The second-order valence-corrected chi connectivity index (χ2v) is 7.91. The summed E-state index contributed by atoms with van der Waals surface area (Å²) < 4.78 is 12.2. The number of fused-ring (bicyclic) bond motifs is 1. The zero-order chi connectivity index (χ0) is 23.7. The van der Waals surface area contributed by atoms with Crippen LogP contribution in [0.5, 0.6) is 11.5 Å². The van der Waals surface area contributed by atoms with E-state index in [1.807, 2.05) is 103 Å². The SMILES string of the molecule is C(=NNc1nncc2ccccc12)c1ccc(OCc2ccccc2)c(OCc2ccccc2)c1. The molecule has 0 saturated heterocycles. The highest BCUT2D eigenvalue weighted by Crippen LogP contribution is 2.30. The third-order valence-corrected chi connectivity index (χ3v) is 5.40. The maximum atomic E-state index is 6.15. The molecule has 6 heteroatoms. The fraction of sp³-hybridized carbons (Fsp3) is 0.0690. The normalized spacial score (nSPS) is 11.0. The van der Waals surface area contributed by atoms with E-state index in [9.17, 15) is 0 Å². The van der Waals surface area contributed by atoms with Gasteiger partial charge in [0.25, 0.3) is 0 Å². The van der Waals surface area contributed by atoms with Gasteiger partial charge in [-0.2, -0.15) is 10.2 Å². The zero-order valence-electron chi connectivity index (χ0n) is 19.0. The average Bonchev–Trinajstić information content (AvgIpc) is 2.92. The highest BCUT2D eigenvalue weighted by atomic mass is 16.5.